The van der Waals surface area contributed by atoms with Crippen molar-refractivity contribution < 1.29 is 4.79 Å². The van der Waals surface area contributed by atoms with Crippen molar-refractivity contribution in [3.63, 3.8) is 0 Å². The van der Waals surface area contributed by atoms with Crippen LogP contribution in [0.25, 0.3) is 0 Å². The van der Waals surface area contributed by atoms with E-state index < -0.39 is 0 Å². The Bertz CT molecular complexity index is 749. The molecule has 1 amide bonds. The lowest BCUT2D eigenvalue weighted by Crippen LogP contribution is -2.37. The summed E-state index contributed by atoms with van der Waals surface area (Å²) in [6.07, 6.45) is 7.89. The zero-order valence-electron chi connectivity index (χ0n) is 15.4. The molecule has 2 heterocycles. The standard InChI is InChI=1S/C18H27N5O2/c1-14-6-10-23(15(2)12-21(3)4)18(25)16(14)17(24)20-7-5-9-22-11-8-19-13-22/h6,8,10-11,13,15H,5,7,9,12H2,1-4H3,(H,20,24). The summed E-state index contributed by atoms with van der Waals surface area (Å²) in [5.41, 5.74) is 0.697. The van der Waals surface area contributed by atoms with Crippen molar-refractivity contribution in [3.05, 3.63) is 52.5 Å². The molecule has 0 saturated heterocycles. The second-order valence-corrected chi connectivity index (χ2v) is 6.61. The van der Waals surface area contributed by atoms with Gasteiger partial charge in [0.25, 0.3) is 11.5 Å². The molecule has 1 unspecified atom stereocenters. The van der Waals surface area contributed by atoms with Crippen LogP contribution in [-0.2, 0) is 6.54 Å². The fourth-order valence-electron chi connectivity index (χ4n) is 2.85. The molecule has 25 heavy (non-hydrogen) atoms. The minimum atomic E-state index is -0.306. The van der Waals surface area contributed by atoms with Gasteiger partial charge in [0, 0.05) is 44.3 Å². The maximum absolute atomic E-state index is 12.7. The Kier molecular flexibility index (Phi) is 6.52. The van der Waals surface area contributed by atoms with Gasteiger partial charge < -0.3 is 19.4 Å². The second-order valence-electron chi connectivity index (χ2n) is 6.61. The van der Waals surface area contributed by atoms with Gasteiger partial charge in [-0.05, 0) is 46.0 Å². The van der Waals surface area contributed by atoms with Gasteiger partial charge in [-0.15, -0.1) is 0 Å². The first-order chi connectivity index (χ1) is 11.9. The number of aromatic nitrogens is 3. The van der Waals surface area contributed by atoms with Crippen LogP contribution < -0.4 is 10.9 Å². The van der Waals surface area contributed by atoms with E-state index in [1.807, 2.05) is 42.7 Å². The maximum atomic E-state index is 12.7. The lowest BCUT2D eigenvalue weighted by Gasteiger charge is -2.20. The van der Waals surface area contributed by atoms with Gasteiger partial charge in [-0.1, -0.05) is 0 Å². The average molecular weight is 345 g/mol. The lowest BCUT2D eigenvalue weighted by atomic mass is 10.1. The second kappa shape index (κ2) is 8.62. The molecule has 0 bridgehead atoms. The van der Waals surface area contributed by atoms with Gasteiger partial charge in [0.05, 0.1) is 6.33 Å². The number of carbonyl (C=O) groups excluding carboxylic acids is 1. The number of carbonyl (C=O) groups is 1. The number of pyridine rings is 1. The number of hydrogen-bond donors (Lipinski definition) is 1. The number of aryl methyl sites for hydroxylation is 2. The predicted molar refractivity (Wildman–Crippen MR) is 97.9 cm³/mol. The maximum Gasteiger partial charge on any atom is 0.263 e. The topological polar surface area (TPSA) is 72.2 Å². The van der Waals surface area contributed by atoms with E-state index in [9.17, 15) is 9.59 Å². The smallest absolute Gasteiger partial charge is 0.263 e. The van der Waals surface area contributed by atoms with Crippen molar-refractivity contribution >= 4 is 5.91 Å². The molecular weight excluding hydrogens is 318 g/mol. The minimum Gasteiger partial charge on any atom is -0.352 e. The molecule has 0 radical (unpaired) electrons. The number of nitrogens with one attached hydrogen (secondary N) is 1. The summed E-state index contributed by atoms with van der Waals surface area (Å²) in [6.45, 7) is 5.79. The van der Waals surface area contributed by atoms with Crippen LogP contribution in [0.5, 0.6) is 0 Å². The summed E-state index contributed by atoms with van der Waals surface area (Å²) in [4.78, 5) is 31.2. The first kappa shape index (κ1) is 18.9. The molecule has 0 aromatic carbocycles. The van der Waals surface area contributed by atoms with Crippen LogP contribution in [0.4, 0.5) is 0 Å². The summed E-state index contributed by atoms with van der Waals surface area (Å²) in [6, 6.07) is 1.82. The summed E-state index contributed by atoms with van der Waals surface area (Å²) in [7, 11) is 3.92. The van der Waals surface area contributed by atoms with Crippen LogP contribution in [0.15, 0.2) is 35.8 Å². The average Bonchev–Trinajstić information content (AvgIpc) is 3.04. The Morgan fingerprint density at radius 1 is 1.36 bits per heavy atom. The first-order valence-corrected chi connectivity index (χ1v) is 8.50. The summed E-state index contributed by atoms with van der Waals surface area (Å²) < 4.78 is 3.59. The quantitative estimate of drug-likeness (QED) is 0.732. The molecule has 1 N–H and O–H groups in total. The van der Waals surface area contributed by atoms with Crippen LogP contribution in [0, 0.1) is 6.92 Å². The van der Waals surface area contributed by atoms with Crippen LogP contribution in [0.1, 0.15) is 35.3 Å². The van der Waals surface area contributed by atoms with Crippen LogP contribution in [0.2, 0.25) is 0 Å². The van der Waals surface area contributed by atoms with Crippen LogP contribution in [-0.4, -0.2) is 52.1 Å². The van der Waals surface area contributed by atoms with E-state index in [0.717, 1.165) is 19.5 Å². The van der Waals surface area contributed by atoms with E-state index in [0.29, 0.717) is 12.1 Å². The van der Waals surface area contributed by atoms with Gasteiger partial charge >= 0.3 is 0 Å². The molecule has 0 fully saturated rings. The third kappa shape index (κ3) is 5.03. The molecule has 7 heteroatoms. The van der Waals surface area contributed by atoms with Gasteiger partial charge in [0.2, 0.25) is 0 Å². The highest BCUT2D eigenvalue weighted by Crippen LogP contribution is 2.08. The van der Waals surface area contributed by atoms with E-state index in [4.69, 9.17) is 0 Å². The van der Waals surface area contributed by atoms with Crippen molar-refractivity contribution in [2.75, 3.05) is 27.2 Å². The largest absolute Gasteiger partial charge is 0.352 e. The number of nitrogens with zero attached hydrogens (tertiary/aromatic N) is 4. The van der Waals surface area contributed by atoms with Crippen molar-refractivity contribution in [2.24, 2.45) is 0 Å². The molecule has 0 aliphatic carbocycles. The number of amides is 1. The molecule has 2 aromatic heterocycles. The highest BCUT2D eigenvalue weighted by atomic mass is 16.2. The highest BCUT2D eigenvalue weighted by Gasteiger charge is 2.18. The third-order valence-corrected chi connectivity index (χ3v) is 4.10. The van der Waals surface area contributed by atoms with Gasteiger partial charge in [-0.25, -0.2) is 4.98 Å². The molecular formula is C18H27N5O2. The molecule has 0 aliphatic rings. The fourth-order valence-corrected chi connectivity index (χ4v) is 2.85. The minimum absolute atomic E-state index is 0.00380. The van der Waals surface area contributed by atoms with Crippen molar-refractivity contribution in [2.45, 2.75) is 32.9 Å². The molecule has 7 nitrogen and oxygen atoms in total. The number of likely N-dealkylation sites (N-methyl/N-ethyl adjacent to an activating group) is 1. The summed E-state index contributed by atoms with van der Waals surface area (Å²) >= 11 is 0. The zero-order chi connectivity index (χ0) is 18.4. The molecule has 2 aromatic rings. The third-order valence-electron chi connectivity index (χ3n) is 4.10. The normalized spacial score (nSPS) is 12.4. The number of imidazole rings is 1. The molecule has 0 saturated carbocycles. The molecule has 0 aliphatic heterocycles. The van der Waals surface area contributed by atoms with Gasteiger partial charge in [-0.3, -0.25) is 9.59 Å². The highest BCUT2D eigenvalue weighted by molar-refractivity contribution is 5.95. The Hall–Kier alpha value is -2.41. The fraction of sp³-hybridized carbons (Fsp3) is 0.500. The van der Waals surface area contributed by atoms with Crippen molar-refractivity contribution in [1.82, 2.24) is 24.3 Å². The molecule has 2 rings (SSSR count). The van der Waals surface area contributed by atoms with E-state index >= 15 is 0 Å². The van der Waals surface area contributed by atoms with Crippen molar-refractivity contribution in [1.29, 1.82) is 0 Å². The Balaban J connectivity index is 2.04. The monoisotopic (exact) mass is 345 g/mol. The van der Waals surface area contributed by atoms with E-state index in [-0.39, 0.29) is 23.1 Å². The SMILES string of the molecule is Cc1ccn(C(C)CN(C)C)c(=O)c1C(=O)NCCCn1ccnc1. The van der Waals surface area contributed by atoms with Gasteiger partial charge in [-0.2, -0.15) is 0 Å². The van der Waals surface area contributed by atoms with Gasteiger partial charge in [0.1, 0.15) is 5.56 Å². The molecule has 136 valence electrons. The number of hydrogen-bond acceptors (Lipinski definition) is 4. The first-order valence-electron chi connectivity index (χ1n) is 8.50. The molecule has 0 spiro atoms. The van der Waals surface area contributed by atoms with Crippen molar-refractivity contribution in [3.8, 4) is 0 Å². The van der Waals surface area contributed by atoms with Gasteiger partial charge in [0.15, 0.2) is 0 Å². The Morgan fingerprint density at radius 3 is 2.76 bits per heavy atom. The number of rotatable bonds is 8. The van der Waals surface area contributed by atoms with E-state index in [1.165, 1.54) is 0 Å². The summed E-state index contributed by atoms with van der Waals surface area (Å²) in [5, 5.41) is 2.85. The van der Waals surface area contributed by atoms with Crippen LogP contribution in [0.3, 0.4) is 0 Å². The van der Waals surface area contributed by atoms with E-state index in [2.05, 4.69) is 10.3 Å². The van der Waals surface area contributed by atoms with E-state index in [1.54, 1.807) is 30.2 Å². The Morgan fingerprint density at radius 2 is 2.12 bits per heavy atom. The molecule has 1 atom stereocenters. The summed E-state index contributed by atoms with van der Waals surface area (Å²) in [5.74, 6) is -0.306. The Labute approximate surface area is 148 Å². The predicted octanol–water partition coefficient (Wildman–Crippen LogP) is 1.30. The lowest BCUT2D eigenvalue weighted by molar-refractivity contribution is 0.0949. The van der Waals surface area contributed by atoms with Crippen LogP contribution >= 0.6 is 0 Å². The zero-order valence-corrected chi connectivity index (χ0v) is 15.4.